The van der Waals surface area contributed by atoms with E-state index in [0.29, 0.717) is 12.3 Å². The van der Waals surface area contributed by atoms with E-state index in [1.807, 2.05) is 13.8 Å². The first-order chi connectivity index (χ1) is 10.9. The minimum absolute atomic E-state index is 0.0593. The molecule has 0 radical (unpaired) electrons. The van der Waals surface area contributed by atoms with Crippen LogP contribution >= 0.6 is 11.8 Å². The Labute approximate surface area is 140 Å². The van der Waals surface area contributed by atoms with E-state index in [-0.39, 0.29) is 18.3 Å². The first kappa shape index (κ1) is 19.7. The predicted molar refractivity (Wildman–Crippen MR) is 89.5 cm³/mol. The zero-order valence-corrected chi connectivity index (χ0v) is 14.4. The number of carboxylic acid groups (broad SMARTS) is 1. The summed E-state index contributed by atoms with van der Waals surface area (Å²) in [7, 11) is 0. The maximum atomic E-state index is 12.0. The van der Waals surface area contributed by atoms with Crippen LogP contribution in [0.3, 0.4) is 0 Å². The highest BCUT2D eigenvalue weighted by Gasteiger charge is 2.37. The molecule has 0 bridgehead atoms. The van der Waals surface area contributed by atoms with Gasteiger partial charge < -0.3 is 21.1 Å². The summed E-state index contributed by atoms with van der Waals surface area (Å²) in [5, 5.41) is 15.9. The molecule has 0 saturated carbocycles. The molecule has 1 unspecified atom stereocenters. The Morgan fingerprint density at radius 2 is 2.09 bits per heavy atom. The van der Waals surface area contributed by atoms with Crippen LogP contribution in [-0.2, 0) is 14.4 Å². The SMILES string of the molecule is CC1(C)SCC(C(=O)NCCN2CCNCC2)NC1=O.O=CO. The van der Waals surface area contributed by atoms with Crippen molar-refractivity contribution in [3.63, 3.8) is 0 Å². The molecule has 0 spiro atoms. The van der Waals surface area contributed by atoms with E-state index in [9.17, 15) is 9.59 Å². The van der Waals surface area contributed by atoms with Gasteiger partial charge in [-0.1, -0.05) is 0 Å². The van der Waals surface area contributed by atoms with E-state index in [1.165, 1.54) is 11.8 Å². The van der Waals surface area contributed by atoms with Gasteiger partial charge in [0.2, 0.25) is 11.8 Å². The van der Waals surface area contributed by atoms with E-state index in [0.717, 1.165) is 32.7 Å². The predicted octanol–water partition coefficient (Wildman–Crippen LogP) is -1.28. The first-order valence-electron chi connectivity index (χ1n) is 7.64. The molecule has 2 rings (SSSR count). The summed E-state index contributed by atoms with van der Waals surface area (Å²) in [6, 6.07) is -0.399. The molecule has 1 atom stereocenters. The summed E-state index contributed by atoms with van der Waals surface area (Å²) < 4.78 is -0.433. The highest BCUT2D eigenvalue weighted by atomic mass is 32.2. The highest BCUT2D eigenvalue weighted by molar-refractivity contribution is 8.01. The van der Waals surface area contributed by atoms with Crippen molar-refractivity contribution in [2.75, 3.05) is 45.0 Å². The molecule has 0 aromatic carbocycles. The lowest BCUT2D eigenvalue weighted by atomic mass is 10.1. The lowest BCUT2D eigenvalue weighted by molar-refractivity contribution is -0.129. The van der Waals surface area contributed by atoms with Crippen molar-refractivity contribution in [2.24, 2.45) is 0 Å². The standard InChI is InChI=1S/C13H24N4O2S.CH2O2/c1-13(2)12(19)16-10(9-20-13)11(18)15-5-8-17-6-3-14-4-7-17;2-1-3/h10,14H,3-9H2,1-2H3,(H,15,18)(H,16,19);1H,(H,2,3). The molecule has 2 amide bonds. The molecule has 2 aliphatic rings. The average molecular weight is 346 g/mol. The largest absolute Gasteiger partial charge is 0.483 e. The summed E-state index contributed by atoms with van der Waals surface area (Å²) in [6.07, 6.45) is 0. The third-order valence-corrected chi connectivity index (χ3v) is 5.12. The molecule has 0 aromatic rings. The second-order valence-electron chi connectivity index (χ2n) is 5.84. The number of hydrogen-bond donors (Lipinski definition) is 4. The Kier molecular flexibility index (Phi) is 8.35. The minimum Gasteiger partial charge on any atom is -0.483 e. The lowest BCUT2D eigenvalue weighted by Crippen LogP contribution is -2.57. The van der Waals surface area contributed by atoms with Crippen LogP contribution in [0.5, 0.6) is 0 Å². The fraction of sp³-hybridized carbons (Fsp3) is 0.786. The van der Waals surface area contributed by atoms with E-state index >= 15 is 0 Å². The molecule has 4 N–H and O–H groups in total. The molecule has 2 heterocycles. The van der Waals surface area contributed by atoms with Gasteiger partial charge in [-0.25, -0.2) is 0 Å². The number of piperazine rings is 1. The molecule has 0 aromatic heterocycles. The Morgan fingerprint density at radius 1 is 1.48 bits per heavy atom. The molecule has 0 aliphatic carbocycles. The average Bonchev–Trinajstić information content (AvgIpc) is 2.52. The maximum Gasteiger partial charge on any atom is 0.290 e. The van der Waals surface area contributed by atoms with Gasteiger partial charge in [-0.2, -0.15) is 0 Å². The normalized spacial score (nSPS) is 23.9. The molecular formula is C14H26N4O4S. The number of amides is 2. The Hall–Kier alpha value is -1.32. The summed E-state index contributed by atoms with van der Waals surface area (Å²) in [6.45, 7) is 9.10. The fourth-order valence-electron chi connectivity index (χ4n) is 2.27. The van der Waals surface area contributed by atoms with Crippen molar-refractivity contribution in [2.45, 2.75) is 24.6 Å². The Morgan fingerprint density at radius 3 is 2.65 bits per heavy atom. The van der Waals surface area contributed by atoms with Crippen molar-refractivity contribution < 1.29 is 19.5 Å². The van der Waals surface area contributed by atoms with E-state index in [1.54, 1.807) is 0 Å². The second-order valence-corrected chi connectivity index (χ2v) is 7.48. The number of carbonyl (C=O) groups is 3. The molecular weight excluding hydrogens is 320 g/mol. The van der Waals surface area contributed by atoms with E-state index in [4.69, 9.17) is 9.90 Å². The van der Waals surface area contributed by atoms with Gasteiger partial charge in [0.25, 0.3) is 6.47 Å². The van der Waals surface area contributed by atoms with Crippen LogP contribution in [0.25, 0.3) is 0 Å². The van der Waals surface area contributed by atoms with Crippen LogP contribution in [0.4, 0.5) is 0 Å². The number of nitrogens with zero attached hydrogens (tertiary/aromatic N) is 1. The fourth-order valence-corrected chi connectivity index (χ4v) is 3.28. The topological polar surface area (TPSA) is 111 Å². The first-order valence-corrected chi connectivity index (χ1v) is 8.63. The van der Waals surface area contributed by atoms with Crippen molar-refractivity contribution in [1.82, 2.24) is 20.9 Å². The highest BCUT2D eigenvalue weighted by Crippen LogP contribution is 2.28. The van der Waals surface area contributed by atoms with Gasteiger partial charge >= 0.3 is 0 Å². The van der Waals surface area contributed by atoms with Crippen LogP contribution in [-0.4, -0.2) is 84.1 Å². The molecule has 9 heteroatoms. The van der Waals surface area contributed by atoms with Crippen molar-refractivity contribution in [3.8, 4) is 0 Å². The van der Waals surface area contributed by atoms with Crippen LogP contribution in [0.15, 0.2) is 0 Å². The van der Waals surface area contributed by atoms with E-state index in [2.05, 4.69) is 20.9 Å². The van der Waals surface area contributed by atoms with Gasteiger partial charge in [0, 0.05) is 45.0 Å². The molecule has 2 fully saturated rings. The lowest BCUT2D eigenvalue weighted by Gasteiger charge is -2.33. The van der Waals surface area contributed by atoms with Crippen LogP contribution < -0.4 is 16.0 Å². The smallest absolute Gasteiger partial charge is 0.290 e. The van der Waals surface area contributed by atoms with Crippen molar-refractivity contribution in [3.05, 3.63) is 0 Å². The summed E-state index contributed by atoms with van der Waals surface area (Å²) in [5.74, 6) is 0.505. The van der Waals surface area contributed by atoms with Crippen molar-refractivity contribution >= 4 is 30.0 Å². The quantitative estimate of drug-likeness (QED) is 0.469. The summed E-state index contributed by atoms with van der Waals surface area (Å²) in [4.78, 5) is 34.5. The second kappa shape index (κ2) is 9.74. The van der Waals surface area contributed by atoms with Gasteiger partial charge in [-0.05, 0) is 13.8 Å². The van der Waals surface area contributed by atoms with Crippen LogP contribution in [0.1, 0.15) is 13.8 Å². The molecule has 8 nitrogen and oxygen atoms in total. The molecule has 132 valence electrons. The van der Waals surface area contributed by atoms with Gasteiger partial charge in [0.1, 0.15) is 6.04 Å². The maximum absolute atomic E-state index is 12.0. The van der Waals surface area contributed by atoms with Gasteiger partial charge in [0.15, 0.2) is 0 Å². The zero-order chi connectivity index (χ0) is 17.3. The Balaban J connectivity index is 0.000000816. The summed E-state index contributed by atoms with van der Waals surface area (Å²) >= 11 is 1.53. The monoisotopic (exact) mass is 346 g/mol. The van der Waals surface area contributed by atoms with Gasteiger partial charge in [-0.15, -0.1) is 11.8 Å². The van der Waals surface area contributed by atoms with E-state index < -0.39 is 10.8 Å². The third kappa shape index (κ3) is 6.76. The molecule has 23 heavy (non-hydrogen) atoms. The minimum atomic E-state index is -0.433. The van der Waals surface area contributed by atoms with Gasteiger partial charge in [0.05, 0.1) is 4.75 Å². The van der Waals surface area contributed by atoms with Gasteiger partial charge in [-0.3, -0.25) is 19.3 Å². The van der Waals surface area contributed by atoms with Crippen LogP contribution in [0.2, 0.25) is 0 Å². The number of rotatable bonds is 4. The molecule has 2 aliphatic heterocycles. The molecule has 2 saturated heterocycles. The number of carbonyl (C=O) groups excluding carboxylic acids is 2. The summed E-state index contributed by atoms with van der Waals surface area (Å²) in [5.41, 5.74) is 0. The Bertz CT molecular complexity index is 414. The van der Waals surface area contributed by atoms with Crippen molar-refractivity contribution in [1.29, 1.82) is 0 Å². The number of hydrogen-bond acceptors (Lipinski definition) is 6. The van der Waals surface area contributed by atoms with Crippen LogP contribution in [0, 0.1) is 0 Å². The number of thioether (sulfide) groups is 1. The number of nitrogens with one attached hydrogen (secondary N) is 3. The zero-order valence-electron chi connectivity index (χ0n) is 13.6. The third-order valence-electron chi connectivity index (χ3n) is 3.72.